The number of para-hydroxylation sites is 1. The average Bonchev–Trinajstić information content (AvgIpc) is 2.79. The molecule has 1 aromatic heterocycles. The fourth-order valence-electron chi connectivity index (χ4n) is 4.12. The highest BCUT2D eigenvalue weighted by atomic mass is 35.5. The Bertz CT molecular complexity index is 1090. The van der Waals surface area contributed by atoms with Crippen molar-refractivity contribution in [2.45, 2.75) is 45.6 Å². The number of fused-ring (bicyclic) bond motifs is 1. The first-order chi connectivity index (χ1) is 15.0. The summed E-state index contributed by atoms with van der Waals surface area (Å²) in [7, 11) is 0. The van der Waals surface area contributed by atoms with Gasteiger partial charge >= 0.3 is 0 Å². The topological polar surface area (TPSA) is 54.5 Å². The van der Waals surface area contributed by atoms with Crippen LogP contribution in [0.1, 0.15) is 38.2 Å². The Morgan fingerprint density at radius 3 is 2.90 bits per heavy atom. The van der Waals surface area contributed by atoms with Gasteiger partial charge in [-0.3, -0.25) is 4.79 Å². The number of nitrogens with zero attached hydrogens (tertiary/aromatic N) is 2. The van der Waals surface area contributed by atoms with Gasteiger partial charge in [-0.1, -0.05) is 36.7 Å². The van der Waals surface area contributed by atoms with E-state index in [1.165, 1.54) is 19.3 Å². The van der Waals surface area contributed by atoms with Crippen LogP contribution in [0.25, 0.3) is 10.9 Å². The summed E-state index contributed by atoms with van der Waals surface area (Å²) in [4.78, 5) is 19.7. The van der Waals surface area contributed by atoms with E-state index in [4.69, 9.17) is 21.3 Å². The molecule has 1 saturated heterocycles. The van der Waals surface area contributed by atoms with Gasteiger partial charge < -0.3 is 15.0 Å². The number of carbonyl (C=O) groups is 1. The van der Waals surface area contributed by atoms with Gasteiger partial charge in [0.05, 0.1) is 0 Å². The van der Waals surface area contributed by atoms with Gasteiger partial charge in [-0.05, 0) is 68.5 Å². The summed E-state index contributed by atoms with van der Waals surface area (Å²) in [5, 5.41) is 4.44. The van der Waals surface area contributed by atoms with Gasteiger partial charge in [0, 0.05) is 28.7 Å². The van der Waals surface area contributed by atoms with Crippen LogP contribution in [0, 0.1) is 6.92 Å². The Labute approximate surface area is 188 Å². The number of hydrogen-bond acceptors (Lipinski definition) is 4. The summed E-state index contributed by atoms with van der Waals surface area (Å²) in [6.07, 6.45) is 4.79. The van der Waals surface area contributed by atoms with Crippen LogP contribution in [0.5, 0.6) is 5.75 Å². The Morgan fingerprint density at radius 2 is 2.10 bits per heavy atom. The maximum absolute atomic E-state index is 12.4. The molecule has 5 nitrogen and oxygen atoms in total. The van der Waals surface area contributed by atoms with E-state index in [0.29, 0.717) is 22.5 Å². The minimum absolute atomic E-state index is 0.0994. The van der Waals surface area contributed by atoms with Crippen molar-refractivity contribution in [1.82, 2.24) is 4.98 Å². The molecule has 4 rings (SSSR count). The van der Waals surface area contributed by atoms with Crippen LogP contribution >= 0.6 is 11.6 Å². The van der Waals surface area contributed by atoms with Gasteiger partial charge in [0.1, 0.15) is 17.1 Å². The highest BCUT2D eigenvalue weighted by molar-refractivity contribution is 6.31. The van der Waals surface area contributed by atoms with Crippen LogP contribution in [-0.4, -0.2) is 30.1 Å². The largest absolute Gasteiger partial charge is 0.481 e. The summed E-state index contributed by atoms with van der Waals surface area (Å²) in [5.74, 6) is 1.35. The molecule has 1 N–H and O–H groups in total. The molecule has 1 unspecified atom stereocenters. The standard InChI is InChI=1S/C25H28ClN3O2/c1-3-20-8-4-5-14-29(20)23-13-11-18-7-6-9-22(25(18)28-23)31-16-24(30)27-19-12-10-17(2)21(26)15-19/h6-7,9-13,15,20H,3-5,8,14,16H2,1-2H3,(H,27,30). The highest BCUT2D eigenvalue weighted by Gasteiger charge is 2.22. The molecule has 31 heavy (non-hydrogen) atoms. The number of anilines is 2. The zero-order valence-electron chi connectivity index (χ0n) is 18.0. The fraction of sp³-hybridized carbons (Fsp3) is 0.360. The lowest BCUT2D eigenvalue weighted by Gasteiger charge is -2.36. The smallest absolute Gasteiger partial charge is 0.262 e. The van der Waals surface area contributed by atoms with Crippen LogP contribution in [0.4, 0.5) is 11.5 Å². The molecule has 2 heterocycles. The third-order valence-electron chi connectivity index (χ3n) is 5.88. The quantitative estimate of drug-likeness (QED) is 0.515. The number of aromatic nitrogens is 1. The zero-order chi connectivity index (χ0) is 21.8. The average molecular weight is 438 g/mol. The molecular weight excluding hydrogens is 410 g/mol. The van der Waals surface area contributed by atoms with Crippen molar-refractivity contribution in [3.63, 3.8) is 0 Å². The Balaban J connectivity index is 1.50. The fourth-order valence-corrected chi connectivity index (χ4v) is 4.30. The molecule has 1 aliphatic heterocycles. The first-order valence-electron chi connectivity index (χ1n) is 10.9. The molecule has 2 aromatic carbocycles. The number of amides is 1. The lowest BCUT2D eigenvalue weighted by molar-refractivity contribution is -0.118. The van der Waals surface area contributed by atoms with E-state index < -0.39 is 0 Å². The minimum atomic E-state index is -0.241. The van der Waals surface area contributed by atoms with Crippen molar-refractivity contribution in [1.29, 1.82) is 0 Å². The van der Waals surface area contributed by atoms with E-state index in [9.17, 15) is 4.79 Å². The molecule has 0 aliphatic carbocycles. The van der Waals surface area contributed by atoms with Crippen LogP contribution in [0.15, 0.2) is 48.5 Å². The summed E-state index contributed by atoms with van der Waals surface area (Å²) in [6.45, 7) is 5.09. The lowest BCUT2D eigenvalue weighted by Crippen LogP contribution is -2.39. The number of rotatable bonds is 6. The molecule has 1 amide bonds. The highest BCUT2D eigenvalue weighted by Crippen LogP contribution is 2.30. The number of ether oxygens (including phenoxy) is 1. The van der Waals surface area contributed by atoms with Crippen molar-refractivity contribution < 1.29 is 9.53 Å². The van der Waals surface area contributed by atoms with Gasteiger partial charge in [0.25, 0.3) is 5.91 Å². The van der Waals surface area contributed by atoms with E-state index >= 15 is 0 Å². The number of hydrogen-bond donors (Lipinski definition) is 1. The first kappa shape index (κ1) is 21.4. The van der Waals surface area contributed by atoms with Crippen molar-refractivity contribution in [3.8, 4) is 5.75 Å². The van der Waals surface area contributed by atoms with E-state index in [0.717, 1.165) is 35.2 Å². The van der Waals surface area contributed by atoms with Crippen molar-refractivity contribution in [2.75, 3.05) is 23.4 Å². The molecule has 0 spiro atoms. The SMILES string of the molecule is CCC1CCCCN1c1ccc2cccc(OCC(=O)Nc3ccc(C)c(Cl)c3)c2n1. The monoisotopic (exact) mass is 437 g/mol. The number of carbonyl (C=O) groups excluding carboxylic acids is 1. The van der Waals surface area contributed by atoms with Crippen molar-refractivity contribution in [2.24, 2.45) is 0 Å². The first-order valence-corrected chi connectivity index (χ1v) is 11.3. The van der Waals surface area contributed by atoms with Crippen LogP contribution in [0.3, 0.4) is 0 Å². The molecule has 6 heteroatoms. The van der Waals surface area contributed by atoms with Gasteiger partial charge in [0.15, 0.2) is 6.61 Å². The maximum atomic E-state index is 12.4. The van der Waals surface area contributed by atoms with E-state index in [2.05, 4.69) is 29.3 Å². The van der Waals surface area contributed by atoms with E-state index in [1.807, 2.05) is 37.3 Å². The Kier molecular flexibility index (Phi) is 6.62. The maximum Gasteiger partial charge on any atom is 0.262 e. The number of aryl methyl sites for hydroxylation is 1. The molecular formula is C25H28ClN3O2. The third-order valence-corrected chi connectivity index (χ3v) is 6.28. The summed E-state index contributed by atoms with van der Waals surface area (Å²) in [5.41, 5.74) is 2.40. The molecule has 1 fully saturated rings. The molecule has 162 valence electrons. The molecule has 0 bridgehead atoms. The lowest BCUT2D eigenvalue weighted by atomic mass is 10.00. The minimum Gasteiger partial charge on any atom is -0.481 e. The summed E-state index contributed by atoms with van der Waals surface area (Å²) in [6, 6.07) is 15.9. The third kappa shape index (κ3) is 4.93. The summed E-state index contributed by atoms with van der Waals surface area (Å²) < 4.78 is 5.88. The Morgan fingerprint density at radius 1 is 1.23 bits per heavy atom. The molecule has 1 aliphatic rings. The molecule has 0 saturated carbocycles. The van der Waals surface area contributed by atoms with E-state index in [1.54, 1.807) is 6.07 Å². The Hall–Kier alpha value is -2.79. The van der Waals surface area contributed by atoms with Gasteiger partial charge in [-0.2, -0.15) is 0 Å². The van der Waals surface area contributed by atoms with Crippen LogP contribution in [0.2, 0.25) is 5.02 Å². The molecule has 0 radical (unpaired) electrons. The van der Waals surface area contributed by atoms with Gasteiger partial charge in [0.2, 0.25) is 0 Å². The van der Waals surface area contributed by atoms with E-state index in [-0.39, 0.29) is 12.5 Å². The second kappa shape index (κ2) is 9.56. The zero-order valence-corrected chi connectivity index (χ0v) is 18.8. The number of nitrogens with one attached hydrogen (secondary N) is 1. The predicted molar refractivity (Wildman–Crippen MR) is 127 cm³/mol. The normalized spacial score (nSPS) is 16.4. The number of pyridine rings is 1. The molecule has 3 aromatic rings. The number of benzene rings is 2. The second-order valence-electron chi connectivity index (χ2n) is 8.05. The van der Waals surface area contributed by atoms with Crippen molar-refractivity contribution >= 4 is 39.9 Å². The predicted octanol–water partition coefficient (Wildman–Crippen LogP) is 5.98. The van der Waals surface area contributed by atoms with Crippen LogP contribution < -0.4 is 15.0 Å². The van der Waals surface area contributed by atoms with Crippen molar-refractivity contribution in [3.05, 3.63) is 59.1 Å². The summed E-state index contributed by atoms with van der Waals surface area (Å²) >= 11 is 6.14. The number of piperidine rings is 1. The number of halogens is 1. The van der Waals surface area contributed by atoms with Crippen LogP contribution in [-0.2, 0) is 4.79 Å². The van der Waals surface area contributed by atoms with Gasteiger partial charge in [-0.15, -0.1) is 0 Å². The second-order valence-corrected chi connectivity index (χ2v) is 8.46. The molecule has 1 atom stereocenters. The van der Waals surface area contributed by atoms with Gasteiger partial charge in [-0.25, -0.2) is 4.98 Å².